The standard InChI is InChI=1S/C14H10ClFO2/c1-8-2-3-9(7-13(8)15)10-4-11(14(17)18)6-12(16)5-10/h2-7H,1H3,(H,17,18). The number of halogens is 2. The number of aromatic carboxylic acids is 1. The summed E-state index contributed by atoms with van der Waals surface area (Å²) in [6.45, 7) is 1.86. The summed E-state index contributed by atoms with van der Waals surface area (Å²) in [5, 5.41) is 9.45. The quantitative estimate of drug-likeness (QED) is 0.885. The average Bonchev–Trinajstić information content (AvgIpc) is 2.31. The van der Waals surface area contributed by atoms with Gasteiger partial charge in [-0.1, -0.05) is 23.7 Å². The minimum absolute atomic E-state index is 0.0818. The molecule has 0 heterocycles. The van der Waals surface area contributed by atoms with Gasteiger partial charge in [0.25, 0.3) is 0 Å². The molecule has 2 rings (SSSR count). The van der Waals surface area contributed by atoms with E-state index in [2.05, 4.69) is 0 Å². The Kier molecular flexibility index (Phi) is 3.34. The van der Waals surface area contributed by atoms with E-state index in [0.29, 0.717) is 16.1 Å². The molecular weight excluding hydrogens is 255 g/mol. The van der Waals surface area contributed by atoms with Crippen LogP contribution in [-0.4, -0.2) is 11.1 Å². The molecule has 2 aromatic rings. The monoisotopic (exact) mass is 264 g/mol. The lowest BCUT2D eigenvalue weighted by Gasteiger charge is -2.06. The molecule has 0 amide bonds. The number of benzene rings is 2. The maximum absolute atomic E-state index is 13.4. The highest BCUT2D eigenvalue weighted by Gasteiger charge is 2.09. The van der Waals surface area contributed by atoms with Gasteiger partial charge in [-0.15, -0.1) is 0 Å². The van der Waals surface area contributed by atoms with Crippen LogP contribution in [0.1, 0.15) is 15.9 Å². The van der Waals surface area contributed by atoms with Crippen LogP contribution >= 0.6 is 11.6 Å². The van der Waals surface area contributed by atoms with E-state index in [-0.39, 0.29) is 5.56 Å². The number of carboxylic acid groups (broad SMARTS) is 1. The van der Waals surface area contributed by atoms with Gasteiger partial charge in [0.1, 0.15) is 5.82 Å². The molecule has 0 fully saturated rings. The van der Waals surface area contributed by atoms with Crippen LogP contribution in [0.2, 0.25) is 5.02 Å². The maximum atomic E-state index is 13.4. The molecule has 2 nitrogen and oxygen atoms in total. The van der Waals surface area contributed by atoms with E-state index in [1.807, 2.05) is 13.0 Å². The van der Waals surface area contributed by atoms with E-state index in [4.69, 9.17) is 16.7 Å². The molecule has 92 valence electrons. The molecule has 18 heavy (non-hydrogen) atoms. The van der Waals surface area contributed by atoms with Crippen LogP contribution in [-0.2, 0) is 0 Å². The van der Waals surface area contributed by atoms with Crippen LogP contribution < -0.4 is 0 Å². The van der Waals surface area contributed by atoms with Crippen LogP contribution in [0.4, 0.5) is 4.39 Å². The van der Waals surface area contributed by atoms with Gasteiger partial charge in [0.2, 0.25) is 0 Å². The Morgan fingerprint density at radius 2 is 1.89 bits per heavy atom. The average molecular weight is 265 g/mol. The number of carbonyl (C=O) groups is 1. The van der Waals surface area contributed by atoms with E-state index in [1.165, 1.54) is 12.1 Å². The van der Waals surface area contributed by atoms with Crippen molar-refractivity contribution >= 4 is 17.6 Å². The predicted octanol–water partition coefficient (Wildman–Crippen LogP) is 4.15. The van der Waals surface area contributed by atoms with Crippen molar-refractivity contribution in [1.82, 2.24) is 0 Å². The van der Waals surface area contributed by atoms with Crippen molar-refractivity contribution < 1.29 is 14.3 Å². The molecule has 0 aliphatic rings. The summed E-state index contributed by atoms with van der Waals surface area (Å²) in [6, 6.07) is 8.98. The third kappa shape index (κ3) is 2.51. The number of hydrogen-bond donors (Lipinski definition) is 1. The smallest absolute Gasteiger partial charge is 0.335 e. The van der Waals surface area contributed by atoms with E-state index in [1.54, 1.807) is 12.1 Å². The minimum atomic E-state index is -1.16. The third-order valence-corrected chi connectivity index (χ3v) is 3.06. The Bertz CT molecular complexity index is 623. The second kappa shape index (κ2) is 4.78. The number of hydrogen-bond acceptors (Lipinski definition) is 1. The zero-order chi connectivity index (χ0) is 13.3. The second-order valence-electron chi connectivity index (χ2n) is 4.00. The normalized spacial score (nSPS) is 10.4. The fourth-order valence-electron chi connectivity index (χ4n) is 1.65. The molecule has 0 saturated carbocycles. The highest BCUT2D eigenvalue weighted by atomic mass is 35.5. The lowest BCUT2D eigenvalue weighted by Crippen LogP contribution is -1.97. The second-order valence-corrected chi connectivity index (χ2v) is 4.40. The van der Waals surface area contributed by atoms with Gasteiger partial charge in [0, 0.05) is 5.02 Å². The molecule has 1 N–H and O–H groups in total. The van der Waals surface area contributed by atoms with Crippen molar-refractivity contribution in [2.75, 3.05) is 0 Å². The largest absolute Gasteiger partial charge is 0.478 e. The third-order valence-electron chi connectivity index (χ3n) is 2.65. The van der Waals surface area contributed by atoms with Crippen LogP contribution in [0.3, 0.4) is 0 Å². The number of rotatable bonds is 2. The Morgan fingerprint density at radius 3 is 2.50 bits per heavy atom. The van der Waals surface area contributed by atoms with Crippen molar-refractivity contribution in [3.8, 4) is 11.1 Å². The van der Waals surface area contributed by atoms with Gasteiger partial charge in [-0.3, -0.25) is 0 Å². The van der Waals surface area contributed by atoms with Crippen molar-refractivity contribution in [1.29, 1.82) is 0 Å². The number of carboxylic acids is 1. The zero-order valence-electron chi connectivity index (χ0n) is 9.58. The Morgan fingerprint density at radius 1 is 1.17 bits per heavy atom. The molecule has 2 aromatic carbocycles. The van der Waals surface area contributed by atoms with Gasteiger partial charge < -0.3 is 5.11 Å². The minimum Gasteiger partial charge on any atom is -0.478 e. The molecule has 0 unspecified atom stereocenters. The van der Waals surface area contributed by atoms with Gasteiger partial charge >= 0.3 is 5.97 Å². The molecular formula is C14H10ClFO2. The Balaban J connectivity index is 2.56. The molecule has 0 spiro atoms. The van der Waals surface area contributed by atoms with Gasteiger partial charge in [0.15, 0.2) is 0 Å². The summed E-state index contributed by atoms with van der Waals surface area (Å²) >= 11 is 6.00. The molecule has 0 radical (unpaired) electrons. The zero-order valence-corrected chi connectivity index (χ0v) is 10.3. The molecule has 0 aromatic heterocycles. The van der Waals surface area contributed by atoms with Crippen molar-refractivity contribution in [3.05, 3.63) is 58.4 Å². The first-order valence-corrected chi connectivity index (χ1v) is 5.65. The highest BCUT2D eigenvalue weighted by molar-refractivity contribution is 6.31. The Labute approximate surface area is 109 Å². The van der Waals surface area contributed by atoms with Crippen molar-refractivity contribution in [2.24, 2.45) is 0 Å². The number of aryl methyl sites for hydroxylation is 1. The first-order chi connectivity index (χ1) is 8.47. The molecule has 0 bridgehead atoms. The summed E-state index contributed by atoms with van der Waals surface area (Å²) in [5.74, 6) is -1.74. The molecule has 4 heteroatoms. The first-order valence-electron chi connectivity index (χ1n) is 5.28. The summed E-state index contributed by atoms with van der Waals surface area (Å²) in [4.78, 5) is 10.9. The highest BCUT2D eigenvalue weighted by Crippen LogP contribution is 2.26. The summed E-state index contributed by atoms with van der Waals surface area (Å²) < 4.78 is 13.4. The molecule has 0 aliphatic carbocycles. The van der Waals surface area contributed by atoms with Gasteiger partial charge in [0.05, 0.1) is 5.56 Å². The predicted molar refractivity (Wildman–Crippen MR) is 68.5 cm³/mol. The van der Waals surface area contributed by atoms with Crippen LogP contribution in [0.5, 0.6) is 0 Å². The van der Waals surface area contributed by atoms with Crippen LogP contribution in [0.25, 0.3) is 11.1 Å². The first kappa shape index (κ1) is 12.6. The maximum Gasteiger partial charge on any atom is 0.335 e. The molecule has 0 atom stereocenters. The molecule has 0 aliphatic heterocycles. The van der Waals surface area contributed by atoms with Crippen LogP contribution in [0, 0.1) is 12.7 Å². The lowest BCUT2D eigenvalue weighted by atomic mass is 10.0. The van der Waals surface area contributed by atoms with Crippen LogP contribution in [0.15, 0.2) is 36.4 Å². The topological polar surface area (TPSA) is 37.3 Å². The van der Waals surface area contributed by atoms with Crippen molar-refractivity contribution in [2.45, 2.75) is 6.92 Å². The SMILES string of the molecule is Cc1ccc(-c2cc(F)cc(C(=O)O)c2)cc1Cl. The Hall–Kier alpha value is -1.87. The summed E-state index contributed by atoms with van der Waals surface area (Å²) in [7, 11) is 0. The fraction of sp³-hybridized carbons (Fsp3) is 0.0714. The van der Waals surface area contributed by atoms with Crippen molar-refractivity contribution in [3.63, 3.8) is 0 Å². The fourth-order valence-corrected chi connectivity index (χ4v) is 1.83. The van der Waals surface area contributed by atoms with E-state index < -0.39 is 11.8 Å². The van der Waals surface area contributed by atoms with E-state index in [0.717, 1.165) is 11.6 Å². The van der Waals surface area contributed by atoms with Gasteiger partial charge in [-0.25, -0.2) is 9.18 Å². The van der Waals surface area contributed by atoms with Gasteiger partial charge in [-0.05, 0) is 47.9 Å². The summed E-state index contributed by atoms with van der Waals surface area (Å²) in [6.07, 6.45) is 0. The van der Waals surface area contributed by atoms with E-state index >= 15 is 0 Å². The van der Waals surface area contributed by atoms with Gasteiger partial charge in [-0.2, -0.15) is 0 Å². The summed E-state index contributed by atoms with van der Waals surface area (Å²) in [5.41, 5.74) is 2.01. The lowest BCUT2D eigenvalue weighted by molar-refractivity contribution is 0.0696. The molecule has 0 saturated heterocycles. The van der Waals surface area contributed by atoms with E-state index in [9.17, 15) is 9.18 Å².